The van der Waals surface area contributed by atoms with Crippen molar-refractivity contribution in [3.63, 3.8) is 0 Å². The Morgan fingerprint density at radius 2 is 2.00 bits per heavy atom. The third-order valence-corrected chi connectivity index (χ3v) is 4.10. The molecule has 3 heteroatoms. The lowest BCUT2D eigenvalue weighted by Crippen LogP contribution is -2.35. The number of pyridine rings is 1. The van der Waals surface area contributed by atoms with Crippen molar-refractivity contribution in [1.82, 2.24) is 4.98 Å². The van der Waals surface area contributed by atoms with Gasteiger partial charge in [0.2, 0.25) is 0 Å². The SMILES string of the molecule is CCC1CCN(c2nc(C)cc(C)c2CO)CC1. The summed E-state index contributed by atoms with van der Waals surface area (Å²) >= 11 is 0. The molecule has 3 nitrogen and oxygen atoms in total. The van der Waals surface area contributed by atoms with E-state index in [0.717, 1.165) is 41.6 Å². The first kappa shape index (κ1) is 13.3. The summed E-state index contributed by atoms with van der Waals surface area (Å²) in [7, 11) is 0. The van der Waals surface area contributed by atoms with Crippen LogP contribution in [0.5, 0.6) is 0 Å². The Kier molecular flexibility index (Phi) is 4.23. The average Bonchev–Trinajstić information content (AvgIpc) is 2.38. The Balaban J connectivity index is 2.23. The van der Waals surface area contributed by atoms with Crippen molar-refractivity contribution >= 4 is 5.82 Å². The van der Waals surface area contributed by atoms with E-state index >= 15 is 0 Å². The molecule has 0 bridgehead atoms. The van der Waals surface area contributed by atoms with Gasteiger partial charge in [-0.15, -0.1) is 0 Å². The molecular formula is C15H24N2O. The number of aliphatic hydroxyl groups excluding tert-OH is 1. The highest BCUT2D eigenvalue weighted by atomic mass is 16.3. The first-order valence-corrected chi connectivity index (χ1v) is 6.98. The van der Waals surface area contributed by atoms with E-state index < -0.39 is 0 Å². The van der Waals surface area contributed by atoms with Crippen molar-refractivity contribution in [2.24, 2.45) is 5.92 Å². The van der Waals surface area contributed by atoms with E-state index in [0.29, 0.717) is 0 Å². The quantitative estimate of drug-likeness (QED) is 0.893. The van der Waals surface area contributed by atoms with Crippen LogP contribution in [0.1, 0.15) is 43.0 Å². The van der Waals surface area contributed by atoms with E-state index in [1.807, 2.05) is 13.0 Å². The van der Waals surface area contributed by atoms with Crippen LogP contribution in [0.3, 0.4) is 0 Å². The molecule has 0 aromatic carbocycles. The topological polar surface area (TPSA) is 36.4 Å². The predicted molar refractivity (Wildman–Crippen MR) is 74.9 cm³/mol. The minimum atomic E-state index is 0.0855. The molecule has 1 fully saturated rings. The predicted octanol–water partition coefficient (Wildman–Crippen LogP) is 2.82. The summed E-state index contributed by atoms with van der Waals surface area (Å²) in [5, 5.41) is 9.55. The standard InChI is InChI=1S/C15H24N2O/c1-4-13-5-7-17(8-6-13)15-14(10-18)11(2)9-12(3)16-15/h9,13,18H,4-8,10H2,1-3H3. The lowest BCUT2D eigenvalue weighted by Gasteiger charge is -2.34. The van der Waals surface area contributed by atoms with Gasteiger partial charge in [-0.25, -0.2) is 4.98 Å². The van der Waals surface area contributed by atoms with Gasteiger partial charge in [0.1, 0.15) is 5.82 Å². The Hall–Kier alpha value is -1.09. The number of piperidine rings is 1. The number of anilines is 1. The van der Waals surface area contributed by atoms with Gasteiger partial charge >= 0.3 is 0 Å². The molecule has 1 saturated heterocycles. The highest BCUT2D eigenvalue weighted by molar-refractivity contribution is 5.51. The molecule has 0 atom stereocenters. The van der Waals surface area contributed by atoms with E-state index in [-0.39, 0.29) is 6.61 Å². The Bertz CT molecular complexity index is 409. The van der Waals surface area contributed by atoms with E-state index in [9.17, 15) is 5.11 Å². The molecule has 18 heavy (non-hydrogen) atoms. The van der Waals surface area contributed by atoms with Crippen LogP contribution in [0.15, 0.2) is 6.07 Å². The molecule has 0 aliphatic carbocycles. The van der Waals surface area contributed by atoms with Crippen LogP contribution in [-0.4, -0.2) is 23.2 Å². The Labute approximate surface area is 110 Å². The van der Waals surface area contributed by atoms with Crippen molar-refractivity contribution in [2.45, 2.75) is 46.6 Å². The molecule has 0 unspecified atom stereocenters. The Morgan fingerprint density at radius 3 is 2.56 bits per heavy atom. The van der Waals surface area contributed by atoms with Gasteiger partial charge in [-0.1, -0.05) is 13.3 Å². The van der Waals surface area contributed by atoms with Crippen molar-refractivity contribution < 1.29 is 5.11 Å². The summed E-state index contributed by atoms with van der Waals surface area (Å²) < 4.78 is 0. The maximum atomic E-state index is 9.55. The minimum Gasteiger partial charge on any atom is -0.392 e. The van der Waals surface area contributed by atoms with Crippen LogP contribution < -0.4 is 4.90 Å². The normalized spacial score (nSPS) is 17.2. The summed E-state index contributed by atoms with van der Waals surface area (Å²) in [4.78, 5) is 6.99. The molecule has 0 saturated carbocycles. The van der Waals surface area contributed by atoms with Crippen molar-refractivity contribution in [3.05, 3.63) is 22.9 Å². The number of nitrogens with zero attached hydrogens (tertiary/aromatic N) is 2. The zero-order valence-corrected chi connectivity index (χ0v) is 11.7. The second-order valence-corrected chi connectivity index (χ2v) is 5.38. The van der Waals surface area contributed by atoms with E-state index in [1.54, 1.807) is 0 Å². The van der Waals surface area contributed by atoms with Gasteiger partial charge in [0, 0.05) is 24.3 Å². The van der Waals surface area contributed by atoms with E-state index in [1.165, 1.54) is 19.3 Å². The van der Waals surface area contributed by atoms with Gasteiger partial charge in [-0.3, -0.25) is 0 Å². The summed E-state index contributed by atoms with van der Waals surface area (Å²) in [6, 6.07) is 2.05. The van der Waals surface area contributed by atoms with Crippen LogP contribution in [0.25, 0.3) is 0 Å². The molecule has 1 N–H and O–H groups in total. The van der Waals surface area contributed by atoms with Crippen LogP contribution in [0.2, 0.25) is 0 Å². The maximum Gasteiger partial charge on any atom is 0.134 e. The molecule has 0 radical (unpaired) electrons. The highest BCUT2D eigenvalue weighted by Gasteiger charge is 2.21. The summed E-state index contributed by atoms with van der Waals surface area (Å²) in [5.74, 6) is 1.87. The molecule has 2 rings (SSSR count). The van der Waals surface area contributed by atoms with Gasteiger partial charge in [0.15, 0.2) is 0 Å². The van der Waals surface area contributed by atoms with E-state index in [4.69, 9.17) is 0 Å². The zero-order chi connectivity index (χ0) is 13.1. The highest BCUT2D eigenvalue weighted by Crippen LogP contribution is 2.28. The van der Waals surface area contributed by atoms with Crippen molar-refractivity contribution in [3.8, 4) is 0 Å². The monoisotopic (exact) mass is 248 g/mol. The first-order valence-electron chi connectivity index (χ1n) is 6.98. The number of aryl methyl sites for hydroxylation is 2. The van der Waals surface area contributed by atoms with Crippen LogP contribution in [-0.2, 0) is 6.61 Å². The second-order valence-electron chi connectivity index (χ2n) is 5.38. The van der Waals surface area contributed by atoms with Gasteiger partial charge in [-0.05, 0) is 44.2 Å². The van der Waals surface area contributed by atoms with Crippen LogP contribution >= 0.6 is 0 Å². The van der Waals surface area contributed by atoms with Gasteiger partial charge in [0.05, 0.1) is 6.61 Å². The molecular weight excluding hydrogens is 224 g/mol. The largest absolute Gasteiger partial charge is 0.392 e. The number of rotatable bonds is 3. The lowest BCUT2D eigenvalue weighted by atomic mass is 9.94. The molecule has 1 aromatic heterocycles. The number of aliphatic hydroxyl groups is 1. The maximum absolute atomic E-state index is 9.55. The molecule has 1 aliphatic heterocycles. The smallest absolute Gasteiger partial charge is 0.134 e. The molecule has 1 aliphatic rings. The Morgan fingerprint density at radius 1 is 1.33 bits per heavy atom. The summed E-state index contributed by atoms with van der Waals surface area (Å²) in [5.41, 5.74) is 3.19. The van der Waals surface area contributed by atoms with Crippen molar-refractivity contribution in [2.75, 3.05) is 18.0 Å². The van der Waals surface area contributed by atoms with Crippen LogP contribution in [0, 0.1) is 19.8 Å². The van der Waals surface area contributed by atoms with Crippen LogP contribution in [0.4, 0.5) is 5.82 Å². The molecule has 100 valence electrons. The van der Waals surface area contributed by atoms with Gasteiger partial charge in [-0.2, -0.15) is 0 Å². The average molecular weight is 248 g/mol. The first-order chi connectivity index (χ1) is 8.65. The number of aromatic nitrogens is 1. The number of hydrogen-bond acceptors (Lipinski definition) is 3. The lowest BCUT2D eigenvalue weighted by molar-refractivity contribution is 0.280. The van der Waals surface area contributed by atoms with Gasteiger partial charge in [0.25, 0.3) is 0 Å². The molecule has 2 heterocycles. The van der Waals surface area contributed by atoms with Crippen molar-refractivity contribution in [1.29, 1.82) is 0 Å². The third-order valence-electron chi connectivity index (χ3n) is 4.10. The fourth-order valence-corrected chi connectivity index (χ4v) is 2.85. The second kappa shape index (κ2) is 5.70. The number of hydrogen-bond donors (Lipinski definition) is 1. The third kappa shape index (κ3) is 2.66. The molecule has 0 amide bonds. The molecule has 0 spiro atoms. The van der Waals surface area contributed by atoms with E-state index in [2.05, 4.69) is 23.7 Å². The zero-order valence-electron chi connectivity index (χ0n) is 11.7. The fourth-order valence-electron chi connectivity index (χ4n) is 2.85. The minimum absolute atomic E-state index is 0.0855. The molecule has 1 aromatic rings. The van der Waals surface area contributed by atoms with Gasteiger partial charge < -0.3 is 10.0 Å². The summed E-state index contributed by atoms with van der Waals surface area (Å²) in [6.07, 6.45) is 3.77. The summed E-state index contributed by atoms with van der Waals surface area (Å²) in [6.45, 7) is 8.58. The fraction of sp³-hybridized carbons (Fsp3) is 0.667.